The van der Waals surface area contributed by atoms with E-state index in [0.717, 1.165) is 6.42 Å². The number of nitrogens with one attached hydrogen (secondary N) is 1. The van der Waals surface area contributed by atoms with E-state index in [1.807, 2.05) is 0 Å². The van der Waals surface area contributed by atoms with Crippen molar-refractivity contribution in [2.24, 2.45) is 0 Å². The largest absolute Gasteiger partial charge is 0.394 e. The summed E-state index contributed by atoms with van der Waals surface area (Å²) in [4.78, 5) is 11.2. The maximum absolute atomic E-state index is 11.2. The minimum Gasteiger partial charge on any atom is -0.394 e. The molecular formula is C10H21NO3S. The zero-order valence-corrected chi connectivity index (χ0v) is 10.3. The van der Waals surface area contributed by atoms with Crippen molar-refractivity contribution < 1.29 is 14.6 Å². The van der Waals surface area contributed by atoms with Crippen LogP contribution in [0.5, 0.6) is 0 Å². The van der Waals surface area contributed by atoms with Crippen molar-refractivity contribution in [3.05, 3.63) is 0 Å². The van der Waals surface area contributed by atoms with Crippen LogP contribution in [0, 0.1) is 0 Å². The Morgan fingerprint density at radius 2 is 2.20 bits per heavy atom. The van der Waals surface area contributed by atoms with Crippen LogP contribution in [0.4, 0.5) is 0 Å². The van der Waals surface area contributed by atoms with E-state index in [0.29, 0.717) is 30.8 Å². The second kappa shape index (κ2) is 10.3. The monoisotopic (exact) mass is 235 g/mol. The molecule has 0 saturated heterocycles. The van der Waals surface area contributed by atoms with Crippen molar-refractivity contribution in [3.8, 4) is 0 Å². The Kier molecular flexibility index (Phi) is 10.1. The summed E-state index contributed by atoms with van der Waals surface area (Å²) in [6.07, 6.45) is 0.790. The van der Waals surface area contributed by atoms with E-state index < -0.39 is 0 Å². The number of ether oxygens (including phenoxy) is 1. The normalized spacial score (nSPS) is 10.7. The molecule has 0 aromatic rings. The van der Waals surface area contributed by atoms with Gasteiger partial charge in [0, 0.05) is 13.2 Å². The standard InChI is InChI=1S/C10H21NO3S/c1-9(2)15-8-10(13)11-4-3-6-14-7-5-12/h9,12H,3-8H2,1-2H3,(H,11,13). The Bertz CT molecular complexity index is 165. The Labute approximate surface area is 95.8 Å². The van der Waals surface area contributed by atoms with Crippen LogP contribution in [0.25, 0.3) is 0 Å². The molecule has 0 bridgehead atoms. The van der Waals surface area contributed by atoms with Crippen LogP contribution in [0.3, 0.4) is 0 Å². The van der Waals surface area contributed by atoms with Gasteiger partial charge in [-0.2, -0.15) is 0 Å². The number of amides is 1. The van der Waals surface area contributed by atoms with Gasteiger partial charge in [0.1, 0.15) is 0 Å². The van der Waals surface area contributed by atoms with Gasteiger partial charge in [-0.05, 0) is 11.7 Å². The third kappa shape index (κ3) is 11.7. The van der Waals surface area contributed by atoms with Crippen LogP contribution >= 0.6 is 11.8 Å². The van der Waals surface area contributed by atoms with Crippen LogP contribution in [0.1, 0.15) is 20.3 Å². The fourth-order valence-corrected chi connectivity index (χ4v) is 1.45. The topological polar surface area (TPSA) is 58.6 Å². The summed E-state index contributed by atoms with van der Waals surface area (Å²) in [6, 6.07) is 0. The van der Waals surface area contributed by atoms with E-state index in [-0.39, 0.29) is 12.5 Å². The number of aliphatic hydroxyl groups excluding tert-OH is 1. The van der Waals surface area contributed by atoms with Gasteiger partial charge < -0.3 is 15.2 Å². The van der Waals surface area contributed by atoms with Gasteiger partial charge in [0.25, 0.3) is 0 Å². The highest BCUT2D eigenvalue weighted by Gasteiger charge is 2.02. The highest BCUT2D eigenvalue weighted by atomic mass is 32.2. The number of thioether (sulfide) groups is 1. The average Bonchev–Trinajstić information content (AvgIpc) is 2.20. The molecule has 0 rings (SSSR count). The molecule has 2 N–H and O–H groups in total. The molecule has 0 aliphatic carbocycles. The van der Waals surface area contributed by atoms with Crippen LogP contribution in [0.2, 0.25) is 0 Å². The number of aliphatic hydroxyl groups is 1. The molecule has 5 heteroatoms. The highest BCUT2D eigenvalue weighted by Crippen LogP contribution is 2.07. The van der Waals surface area contributed by atoms with E-state index in [9.17, 15) is 4.79 Å². The van der Waals surface area contributed by atoms with Gasteiger partial charge in [0.2, 0.25) is 5.91 Å². The van der Waals surface area contributed by atoms with Gasteiger partial charge in [-0.1, -0.05) is 13.8 Å². The molecule has 0 aromatic heterocycles. The first kappa shape index (κ1) is 14.7. The molecule has 15 heavy (non-hydrogen) atoms. The van der Waals surface area contributed by atoms with Crippen LogP contribution in [-0.2, 0) is 9.53 Å². The quantitative estimate of drug-likeness (QED) is 0.576. The zero-order chi connectivity index (χ0) is 11.5. The molecule has 90 valence electrons. The lowest BCUT2D eigenvalue weighted by Gasteiger charge is -2.06. The molecule has 0 heterocycles. The first-order valence-corrected chi connectivity index (χ1v) is 6.28. The molecule has 0 atom stereocenters. The van der Waals surface area contributed by atoms with Gasteiger partial charge in [-0.15, -0.1) is 11.8 Å². The summed E-state index contributed by atoms with van der Waals surface area (Å²) in [5, 5.41) is 11.7. The highest BCUT2D eigenvalue weighted by molar-refractivity contribution is 8.00. The number of carbonyl (C=O) groups excluding carboxylic acids is 1. The van der Waals surface area contributed by atoms with E-state index in [2.05, 4.69) is 19.2 Å². The average molecular weight is 235 g/mol. The Morgan fingerprint density at radius 3 is 2.80 bits per heavy atom. The first-order valence-electron chi connectivity index (χ1n) is 5.23. The second-order valence-corrected chi connectivity index (χ2v) is 4.96. The zero-order valence-electron chi connectivity index (χ0n) is 9.49. The number of hydrogen-bond acceptors (Lipinski definition) is 4. The molecule has 1 amide bonds. The van der Waals surface area contributed by atoms with Gasteiger partial charge >= 0.3 is 0 Å². The van der Waals surface area contributed by atoms with Crippen LogP contribution in [-0.4, -0.2) is 48.4 Å². The molecule has 0 aliphatic heterocycles. The third-order valence-electron chi connectivity index (χ3n) is 1.57. The van der Waals surface area contributed by atoms with Crippen molar-refractivity contribution >= 4 is 17.7 Å². The minimum absolute atomic E-state index is 0.0530. The predicted molar refractivity (Wildman–Crippen MR) is 63.1 cm³/mol. The number of hydrogen-bond donors (Lipinski definition) is 2. The lowest BCUT2D eigenvalue weighted by atomic mass is 10.4. The fraction of sp³-hybridized carbons (Fsp3) is 0.900. The third-order valence-corrected chi connectivity index (χ3v) is 2.67. The maximum Gasteiger partial charge on any atom is 0.230 e. The molecule has 0 spiro atoms. The molecule has 0 fully saturated rings. The SMILES string of the molecule is CC(C)SCC(=O)NCCCOCCO. The molecule has 0 aliphatic rings. The number of carbonyl (C=O) groups is 1. The second-order valence-electron chi connectivity index (χ2n) is 3.40. The molecule has 0 aromatic carbocycles. The summed E-state index contributed by atoms with van der Waals surface area (Å²) in [5.74, 6) is 0.602. The lowest BCUT2D eigenvalue weighted by Crippen LogP contribution is -2.27. The van der Waals surface area contributed by atoms with Crippen LogP contribution < -0.4 is 5.32 Å². The molecule has 0 radical (unpaired) electrons. The summed E-state index contributed by atoms with van der Waals surface area (Å²) in [7, 11) is 0. The summed E-state index contributed by atoms with van der Waals surface area (Å²) < 4.78 is 5.06. The summed E-state index contributed by atoms with van der Waals surface area (Å²) in [5.41, 5.74) is 0. The smallest absolute Gasteiger partial charge is 0.230 e. The first-order chi connectivity index (χ1) is 7.16. The Balaban J connectivity index is 3.17. The van der Waals surface area contributed by atoms with Crippen molar-refractivity contribution in [2.75, 3.05) is 32.1 Å². The van der Waals surface area contributed by atoms with E-state index >= 15 is 0 Å². The lowest BCUT2D eigenvalue weighted by molar-refractivity contribution is -0.118. The predicted octanol–water partition coefficient (Wildman–Crippen LogP) is 0.643. The Hall–Kier alpha value is -0.260. The van der Waals surface area contributed by atoms with Crippen molar-refractivity contribution in [1.82, 2.24) is 5.32 Å². The summed E-state index contributed by atoms with van der Waals surface area (Å²) in [6.45, 7) is 5.79. The van der Waals surface area contributed by atoms with Gasteiger partial charge in [0.05, 0.1) is 19.0 Å². The van der Waals surface area contributed by atoms with Gasteiger partial charge in [-0.3, -0.25) is 4.79 Å². The van der Waals surface area contributed by atoms with Crippen LogP contribution in [0.15, 0.2) is 0 Å². The van der Waals surface area contributed by atoms with Gasteiger partial charge in [0.15, 0.2) is 0 Å². The van der Waals surface area contributed by atoms with E-state index in [1.54, 1.807) is 11.8 Å². The molecule has 0 unspecified atom stereocenters. The minimum atomic E-state index is 0.0530. The van der Waals surface area contributed by atoms with Crippen molar-refractivity contribution in [1.29, 1.82) is 0 Å². The number of rotatable bonds is 9. The van der Waals surface area contributed by atoms with Crippen molar-refractivity contribution in [2.45, 2.75) is 25.5 Å². The molecule has 4 nitrogen and oxygen atoms in total. The van der Waals surface area contributed by atoms with E-state index in [4.69, 9.17) is 9.84 Å². The van der Waals surface area contributed by atoms with Gasteiger partial charge in [-0.25, -0.2) is 0 Å². The maximum atomic E-state index is 11.2. The Morgan fingerprint density at radius 1 is 1.47 bits per heavy atom. The summed E-state index contributed by atoms with van der Waals surface area (Å²) >= 11 is 1.63. The van der Waals surface area contributed by atoms with Crippen molar-refractivity contribution in [3.63, 3.8) is 0 Å². The molecule has 0 saturated carbocycles. The van der Waals surface area contributed by atoms with E-state index in [1.165, 1.54) is 0 Å². The fourth-order valence-electron chi connectivity index (χ4n) is 0.862. The molecular weight excluding hydrogens is 214 g/mol.